The fraction of sp³-hybridized carbons (Fsp3) is 0.179. The molecule has 0 unspecified atom stereocenters. The zero-order valence-corrected chi connectivity index (χ0v) is 21.3. The number of benzene rings is 3. The van der Waals surface area contributed by atoms with Gasteiger partial charge in [-0.2, -0.15) is 5.10 Å². The lowest BCUT2D eigenvalue weighted by molar-refractivity contribution is 0.0885. The van der Waals surface area contributed by atoms with E-state index in [2.05, 4.69) is 15.4 Å². The standard InChI is InChI=1S/C28H25FN4O3S/c1-17(32-28(34)27-18(2)30-16-37-27)26(19-5-4-6-23(13-19)35-3)36-24-11-12-25-20(14-24)15-31-33(25)22-9-7-21(29)8-10-22/h4-17,26H,1-3H3,(H,32,34)/t17-,26+/m0/s1. The number of ether oxygens (including phenoxy) is 2. The molecule has 0 fully saturated rings. The third kappa shape index (κ3) is 5.17. The van der Waals surface area contributed by atoms with Crippen LogP contribution in [-0.4, -0.2) is 33.8 Å². The third-order valence-electron chi connectivity index (χ3n) is 6.06. The lowest BCUT2D eigenvalue weighted by Gasteiger charge is -2.27. The van der Waals surface area contributed by atoms with Gasteiger partial charge in [0.1, 0.15) is 28.3 Å². The number of thiazole rings is 1. The highest BCUT2D eigenvalue weighted by atomic mass is 32.1. The molecule has 5 rings (SSSR count). The van der Waals surface area contributed by atoms with Crippen LogP contribution in [0.3, 0.4) is 0 Å². The number of nitrogens with one attached hydrogen (secondary N) is 1. The van der Waals surface area contributed by atoms with E-state index in [4.69, 9.17) is 9.47 Å². The van der Waals surface area contributed by atoms with Crippen molar-refractivity contribution in [1.82, 2.24) is 20.1 Å². The van der Waals surface area contributed by atoms with E-state index in [-0.39, 0.29) is 17.8 Å². The Kier molecular flexibility index (Phi) is 6.87. The zero-order chi connectivity index (χ0) is 25.9. The Morgan fingerprint density at radius 1 is 1.08 bits per heavy atom. The maximum absolute atomic E-state index is 13.4. The van der Waals surface area contributed by atoms with Crippen LogP contribution in [0.25, 0.3) is 16.6 Å². The lowest BCUT2D eigenvalue weighted by atomic mass is 10.0. The van der Waals surface area contributed by atoms with Gasteiger partial charge in [-0.15, -0.1) is 11.3 Å². The Hall–Kier alpha value is -4.24. The van der Waals surface area contributed by atoms with Crippen LogP contribution < -0.4 is 14.8 Å². The molecule has 2 aromatic heterocycles. The van der Waals surface area contributed by atoms with E-state index in [1.165, 1.54) is 23.5 Å². The molecule has 0 aliphatic carbocycles. The molecule has 0 spiro atoms. The Balaban J connectivity index is 1.45. The number of rotatable bonds is 8. The predicted octanol–water partition coefficient (Wildman–Crippen LogP) is 5.88. The molecular weight excluding hydrogens is 491 g/mol. The molecule has 9 heteroatoms. The Bertz CT molecular complexity index is 1550. The minimum absolute atomic E-state index is 0.194. The smallest absolute Gasteiger partial charge is 0.263 e. The average Bonchev–Trinajstić information content (AvgIpc) is 3.53. The van der Waals surface area contributed by atoms with E-state index in [0.29, 0.717) is 22.1 Å². The van der Waals surface area contributed by atoms with E-state index >= 15 is 0 Å². The van der Waals surface area contributed by atoms with Gasteiger partial charge in [0.2, 0.25) is 0 Å². The van der Waals surface area contributed by atoms with Crippen LogP contribution in [0, 0.1) is 12.7 Å². The summed E-state index contributed by atoms with van der Waals surface area (Å²) in [4.78, 5) is 17.7. The van der Waals surface area contributed by atoms with E-state index in [1.807, 2.05) is 56.3 Å². The molecular formula is C28H25FN4O3S. The molecule has 3 aromatic carbocycles. The van der Waals surface area contributed by atoms with Crippen molar-refractivity contribution in [3.63, 3.8) is 0 Å². The first-order chi connectivity index (χ1) is 17.9. The van der Waals surface area contributed by atoms with Gasteiger partial charge < -0.3 is 14.8 Å². The molecule has 1 amide bonds. The number of hydrogen-bond donors (Lipinski definition) is 1. The van der Waals surface area contributed by atoms with Gasteiger partial charge in [0, 0.05) is 5.39 Å². The van der Waals surface area contributed by atoms with Crippen LogP contribution in [0.2, 0.25) is 0 Å². The molecule has 2 heterocycles. The van der Waals surface area contributed by atoms with Gasteiger partial charge >= 0.3 is 0 Å². The predicted molar refractivity (Wildman–Crippen MR) is 141 cm³/mol. The van der Waals surface area contributed by atoms with Crippen molar-refractivity contribution in [2.75, 3.05) is 7.11 Å². The molecule has 0 aliphatic heterocycles. The number of aryl methyl sites for hydroxylation is 1. The first kappa shape index (κ1) is 24.5. The summed E-state index contributed by atoms with van der Waals surface area (Å²) in [5.74, 6) is 0.819. The van der Waals surface area contributed by atoms with Crippen molar-refractivity contribution in [3.05, 3.63) is 100 Å². The largest absolute Gasteiger partial charge is 0.497 e. The van der Waals surface area contributed by atoms with Crippen molar-refractivity contribution < 1.29 is 18.7 Å². The summed E-state index contributed by atoms with van der Waals surface area (Å²) >= 11 is 1.31. The van der Waals surface area contributed by atoms with Gasteiger partial charge in [-0.05, 0) is 74.0 Å². The summed E-state index contributed by atoms with van der Waals surface area (Å²) < 4.78 is 27.0. The molecule has 0 aliphatic rings. The van der Waals surface area contributed by atoms with Crippen molar-refractivity contribution in [3.8, 4) is 17.2 Å². The normalized spacial score (nSPS) is 12.8. The maximum Gasteiger partial charge on any atom is 0.263 e. The highest BCUT2D eigenvalue weighted by Crippen LogP contribution is 2.30. The van der Waals surface area contributed by atoms with Crippen LogP contribution >= 0.6 is 11.3 Å². The topological polar surface area (TPSA) is 78.3 Å². The second-order valence-electron chi connectivity index (χ2n) is 8.60. The maximum atomic E-state index is 13.4. The minimum Gasteiger partial charge on any atom is -0.497 e. The first-order valence-corrected chi connectivity index (χ1v) is 12.6. The number of methoxy groups -OCH3 is 1. The van der Waals surface area contributed by atoms with Crippen molar-refractivity contribution in [2.24, 2.45) is 0 Å². The van der Waals surface area contributed by atoms with Crippen LogP contribution in [0.4, 0.5) is 4.39 Å². The van der Waals surface area contributed by atoms with E-state index in [9.17, 15) is 9.18 Å². The molecule has 1 N–H and O–H groups in total. The SMILES string of the molecule is COc1cccc([C@H](Oc2ccc3c(cnn3-c3ccc(F)cc3)c2)[C@H](C)NC(=O)c2scnc2C)c1. The number of amides is 1. The monoisotopic (exact) mass is 516 g/mol. The molecule has 0 radical (unpaired) electrons. The Morgan fingerprint density at radius 2 is 1.89 bits per heavy atom. The number of halogens is 1. The summed E-state index contributed by atoms with van der Waals surface area (Å²) in [5, 5.41) is 8.40. The number of nitrogens with zero attached hydrogens (tertiary/aromatic N) is 3. The molecule has 5 aromatic rings. The van der Waals surface area contributed by atoms with Crippen LogP contribution in [0.1, 0.15) is 34.0 Å². The Morgan fingerprint density at radius 3 is 2.62 bits per heavy atom. The van der Waals surface area contributed by atoms with Gasteiger partial charge in [0.15, 0.2) is 0 Å². The number of hydrogen-bond acceptors (Lipinski definition) is 6. The Labute approximate surface area is 217 Å². The number of carbonyl (C=O) groups is 1. The van der Waals surface area contributed by atoms with Gasteiger partial charge in [0.25, 0.3) is 5.91 Å². The molecule has 0 saturated heterocycles. The highest BCUT2D eigenvalue weighted by molar-refractivity contribution is 7.11. The summed E-state index contributed by atoms with van der Waals surface area (Å²) in [6.07, 6.45) is 1.24. The third-order valence-corrected chi connectivity index (χ3v) is 6.99. The number of fused-ring (bicyclic) bond motifs is 1. The van der Waals surface area contributed by atoms with Crippen LogP contribution in [0.5, 0.6) is 11.5 Å². The summed E-state index contributed by atoms with van der Waals surface area (Å²) in [7, 11) is 1.61. The van der Waals surface area contributed by atoms with Gasteiger partial charge in [-0.1, -0.05) is 12.1 Å². The van der Waals surface area contributed by atoms with Crippen molar-refractivity contribution in [1.29, 1.82) is 0 Å². The quantitative estimate of drug-likeness (QED) is 0.279. The fourth-order valence-corrected chi connectivity index (χ4v) is 4.87. The second-order valence-corrected chi connectivity index (χ2v) is 9.45. The zero-order valence-electron chi connectivity index (χ0n) is 20.5. The summed E-state index contributed by atoms with van der Waals surface area (Å²) in [5.41, 5.74) is 4.83. The van der Waals surface area contributed by atoms with Crippen LogP contribution in [0.15, 0.2) is 78.4 Å². The number of aromatic nitrogens is 3. The minimum atomic E-state index is -0.503. The van der Waals surface area contributed by atoms with Gasteiger partial charge in [-0.3, -0.25) is 4.79 Å². The first-order valence-electron chi connectivity index (χ1n) is 11.7. The molecule has 2 atom stereocenters. The molecule has 0 bridgehead atoms. The average molecular weight is 517 g/mol. The molecule has 0 saturated carbocycles. The molecule has 188 valence electrons. The summed E-state index contributed by atoms with van der Waals surface area (Å²) in [6, 6.07) is 19.1. The van der Waals surface area contributed by atoms with Gasteiger partial charge in [0.05, 0.1) is 41.8 Å². The van der Waals surface area contributed by atoms with Gasteiger partial charge in [-0.25, -0.2) is 14.1 Å². The lowest BCUT2D eigenvalue weighted by Crippen LogP contribution is -2.39. The number of carbonyl (C=O) groups excluding carboxylic acids is 1. The van der Waals surface area contributed by atoms with E-state index in [0.717, 1.165) is 22.2 Å². The highest BCUT2D eigenvalue weighted by Gasteiger charge is 2.25. The molecule has 37 heavy (non-hydrogen) atoms. The second kappa shape index (κ2) is 10.4. The summed E-state index contributed by atoms with van der Waals surface area (Å²) in [6.45, 7) is 3.72. The van der Waals surface area contributed by atoms with E-state index < -0.39 is 6.10 Å². The molecule has 7 nitrogen and oxygen atoms in total. The fourth-order valence-electron chi connectivity index (χ4n) is 4.16. The van der Waals surface area contributed by atoms with E-state index in [1.54, 1.807) is 35.6 Å². The van der Waals surface area contributed by atoms with Crippen molar-refractivity contribution in [2.45, 2.75) is 26.0 Å². The van der Waals surface area contributed by atoms with Crippen molar-refractivity contribution >= 4 is 28.1 Å². The van der Waals surface area contributed by atoms with Crippen LogP contribution in [-0.2, 0) is 0 Å².